The standard InChI is InChI=1S/C11H9ClN4O/c1-5-2-9(17-16-5)11-14-8-4-6(12)3-7(13)10(8)15-11/h2-4H,13H2,1H3,(H,14,15). The number of nitrogen functional groups attached to an aromatic ring is 1. The summed E-state index contributed by atoms with van der Waals surface area (Å²) in [6, 6.07) is 5.24. The van der Waals surface area contributed by atoms with Crippen LogP contribution in [0.25, 0.3) is 22.6 Å². The number of rotatable bonds is 1. The number of nitrogens with zero attached hydrogens (tertiary/aromatic N) is 2. The normalized spacial score (nSPS) is 11.2. The molecule has 3 N–H and O–H groups in total. The minimum Gasteiger partial charge on any atom is -0.397 e. The van der Waals surface area contributed by atoms with Gasteiger partial charge in [0.05, 0.1) is 16.9 Å². The molecule has 0 radical (unpaired) electrons. The van der Waals surface area contributed by atoms with Crippen LogP contribution < -0.4 is 5.73 Å². The molecule has 0 unspecified atom stereocenters. The molecule has 0 atom stereocenters. The molecule has 5 nitrogen and oxygen atoms in total. The summed E-state index contributed by atoms with van der Waals surface area (Å²) in [4.78, 5) is 7.46. The molecular formula is C11H9ClN4O. The number of nitrogens with two attached hydrogens (primary N) is 1. The molecule has 0 spiro atoms. The minimum atomic E-state index is 0.534. The van der Waals surface area contributed by atoms with E-state index in [0.29, 0.717) is 27.8 Å². The van der Waals surface area contributed by atoms with Crippen LogP contribution in [0.3, 0.4) is 0 Å². The molecule has 0 bridgehead atoms. The Hall–Kier alpha value is -2.01. The second-order valence-corrected chi connectivity index (χ2v) is 4.25. The summed E-state index contributed by atoms with van der Waals surface area (Å²) in [5, 5.41) is 4.38. The van der Waals surface area contributed by atoms with Gasteiger partial charge in [0.15, 0.2) is 5.82 Å². The maximum absolute atomic E-state index is 5.92. The fourth-order valence-electron chi connectivity index (χ4n) is 1.70. The van der Waals surface area contributed by atoms with Gasteiger partial charge in [0.2, 0.25) is 5.76 Å². The average Bonchev–Trinajstić information content (AvgIpc) is 2.83. The van der Waals surface area contributed by atoms with Gasteiger partial charge in [-0.2, -0.15) is 0 Å². The maximum Gasteiger partial charge on any atom is 0.202 e. The Kier molecular flexibility index (Phi) is 2.09. The quantitative estimate of drug-likeness (QED) is 0.649. The van der Waals surface area contributed by atoms with Crippen LogP contribution in [0.15, 0.2) is 22.7 Å². The summed E-state index contributed by atoms with van der Waals surface area (Å²) in [5.74, 6) is 1.17. The summed E-state index contributed by atoms with van der Waals surface area (Å²) >= 11 is 5.92. The zero-order valence-electron chi connectivity index (χ0n) is 8.99. The summed E-state index contributed by atoms with van der Waals surface area (Å²) < 4.78 is 5.13. The highest BCUT2D eigenvalue weighted by Crippen LogP contribution is 2.27. The fraction of sp³-hybridized carbons (Fsp3) is 0.0909. The molecule has 2 aromatic heterocycles. The monoisotopic (exact) mass is 248 g/mol. The highest BCUT2D eigenvalue weighted by molar-refractivity contribution is 6.31. The predicted octanol–water partition coefficient (Wildman–Crippen LogP) is 2.76. The van der Waals surface area contributed by atoms with Crippen LogP contribution in [0, 0.1) is 6.92 Å². The number of anilines is 1. The van der Waals surface area contributed by atoms with Crippen molar-refractivity contribution in [3.05, 3.63) is 28.9 Å². The molecule has 6 heteroatoms. The third-order valence-electron chi connectivity index (χ3n) is 2.44. The van der Waals surface area contributed by atoms with E-state index in [-0.39, 0.29) is 0 Å². The molecular weight excluding hydrogens is 240 g/mol. The topological polar surface area (TPSA) is 80.7 Å². The van der Waals surface area contributed by atoms with Gasteiger partial charge in [-0.25, -0.2) is 4.98 Å². The molecule has 0 aliphatic rings. The third-order valence-corrected chi connectivity index (χ3v) is 2.66. The molecule has 86 valence electrons. The summed E-state index contributed by atoms with van der Waals surface area (Å²) in [6.45, 7) is 1.85. The zero-order valence-corrected chi connectivity index (χ0v) is 9.75. The van der Waals surface area contributed by atoms with Crippen LogP contribution in [0.4, 0.5) is 5.69 Å². The number of aromatic amines is 1. The first-order chi connectivity index (χ1) is 8.13. The average molecular weight is 249 g/mol. The Morgan fingerprint density at radius 1 is 1.35 bits per heavy atom. The van der Waals surface area contributed by atoms with Crippen LogP contribution >= 0.6 is 11.6 Å². The van der Waals surface area contributed by atoms with E-state index in [9.17, 15) is 0 Å². The minimum absolute atomic E-state index is 0.534. The first-order valence-electron chi connectivity index (χ1n) is 5.02. The van der Waals surface area contributed by atoms with Gasteiger partial charge in [-0.3, -0.25) is 0 Å². The van der Waals surface area contributed by atoms with Crippen LogP contribution in [-0.4, -0.2) is 15.1 Å². The van der Waals surface area contributed by atoms with Crippen molar-refractivity contribution in [3.63, 3.8) is 0 Å². The number of halogens is 1. The highest BCUT2D eigenvalue weighted by Gasteiger charge is 2.12. The Morgan fingerprint density at radius 2 is 2.18 bits per heavy atom. The van der Waals surface area contributed by atoms with Gasteiger partial charge >= 0.3 is 0 Å². The third kappa shape index (κ3) is 1.64. The molecule has 0 aliphatic carbocycles. The lowest BCUT2D eigenvalue weighted by Gasteiger charge is -1.94. The Balaban J connectivity index is 2.23. The van der Waals surface area contributed by atoms with Gasteiger partial charge in [0.1, 0.15) is 5.52 Å². The number of imidazole rings is 1. The van der Waals surface area contributed by atoms with Crippen molar-refractivity contribution in [1.29, 1.82) is 0 Å². The smallest absolute Gasteiger partial charge is 0.202 e. The van der Waals surface area contributed by atoms with Gasteiger partial charge < -0.3 is 15.2 Å². The molecule has 3 rings (SSSR count). The van der Waals surface area contributed by atoms with E-state index in [2.05, 4.69) is 15.1 Å². The molecule has 2 heterocycles. The van der Waals surface area contributed by atoms with Crippen molar-refractivity contribution in [2.24, 2.45) is 0 Å². The van der Waals surface area contributed by atoms with Gasteiger partial charge in [-0.05, 0) is 19.1 Å². The van der Waals surface area contributed by atoms with Crippen molar-refractivity contribution in [3.8, 4) is 11.6 Å². The predicted molar refractivity (Wildman–Crippen MR) is 65.8 cm³/mol. The van der Waals surface area contributed by atoms with Crippen LogP contribution in [0.1, 0.15) is 5.69 Å². The number of H-pyrrole nitrogens is 1. The van der Waals surface area contributed by atoms with Gasteiger partial charge in [0.25, 0.3) is 0 Å². The largest absolute Gasteiger partial charge is 0.397 e. The van der Waals surface area contributed by atoms with Crippen molar-refractivity contribution >= 4 is 28.3 Å². The SMILES string of the molecule is Cc1cc(-c2nc3c(N)cc(Cl)cc3[nH]2)on1. The summed E-state index contributed by atoms with van der Waals surface area (Å²) in [7, 11) is 0. The number of aromatic nitrogens is 3. The Labute approximate surface area is 102 Å². The van der Waals surface area contributed by atoms with Crippen molar-refractivity contribution < 1.29 is 4.52 Å². The lowest BCUT2D eigenvalue weighted by Crippen LogP contribution is -1.86. The molecule has 0 saturated heterocycles. The van der Waals surface area contributed by atoms with Crippen LogP contribution in [-0.2, 0) is 0 Å². The molecule has 17 heavy (non-hydrogen) atoms. The van der Waals surface area contributed by atoms with Crippen molar-refractivity contribution in [2.45, 2.75) is 6.92 Å². The first-order valence-corrected chi connectivity index (χ1v) is 5.40. The number of hydrogen-bond donors (Lipinski definition) is 2. The van der Waals surface area contributed by atoms with Crippen molar-refractivity contribution in [2.75, 3.05) is 5.73 Å². The van der Waals surface area contributed by atoms with Crippen LogP contribution in [0.5, 0.6) is 0 Å². The number of aryl methyl sites for hydroxylation is 1. The summed E-state index contributed by atoms with van der Waals surface area (Å²) in [6.07, 6.45) is 0. The molecule has 0 fully saturated rings. The second-order valence-electron chi connectivity index (χ2n) is 3.81. The lowest BCUT2D eigenvalue weighted by atomic mass is 10.3. The molecule has 0 aliphatic heterocycles. The first kappa shape index (κ1) is 10.2. The van der Waals surface area contributed by atoms with E-state index in [1.165, 1.54) is 0 Å². The Bertz CT molecular complexity index is 701. The Morgan fingerprint density at radius 3 is 2.88 bits per heavy atom. The van der Waals surface area contributed by atoms with Gasteiger partial charge in [0, 0.05) is 11.1 Å². The number of benzene rings is 1. The van der Waals surface area contributed by atoms with Crippen LogP contribution in [0.2, 0.25) is 5.02 Å². The van der Waals surface area contributed by atoms with E-state index in [4.69, 9.17) is 21.9 Å². The lowest BCUT2D eigenvalue weighted by molar-refractivity contribution is 0.425. The molecule has 3 aromatic rings. The van der Waals surface area contributed by atoms with Crippen molar-refractivity contribution in [1.82, 2.24) is 15.1 Å². The number of nitrogens with one attached hydrogen (secondary N) is 1. The van der Waals surface area contributed by atoms with Gasteiger partial charge in [-0.1, -0.05) is 16.8 Å². The summed E-state index contributed by atoms with van der Waals surface area (Å²) in [5.41, 5.74) is 8.63. The van der Waals surface area contributed by atoms with E-state index in [1.54, 1.807) is 18.2 Å². The molecule has 0 amide bonds. The zero-order chi connectivity index (χ0) is 12.0. The molecule has 1 aromatic carbocycles. The fourth-order valence-corrected chi connectivity index (χ4v) is 1.93. The van der Waals surface area contributed by atoms with E-state index >= 15 is 0 Å². The van der Waals surface area contributed by atoms with Gasteiger partial charge in [-0.15, -0.1) is 0 Å². The molecule has 0 saturated carbocycles. The number of fused-ring (bicyclic) bond motifs is 1. The number of hydrogen-bond acceptors (Lipinski definition) is 4. The van der Waals surface area contributed by atoms with E-state index in [0.717, 1.165) is 11.2 Å². The maximum atomic E-state index is 5.92. The second kappa shape index (κ2) is 3.49. The van der Waals surface area contributed by atoms with E-state index in [1.807, 2.05) is 6.92 Å². The van der Waals surface area contributed by atoms with E-state index < -0.39 is 0 Å². The highest BCUT2D eigenvalue weighted by atomic mass is 35.5.